The molecular formula is C16H28N2O3S. The highest BCUT2D eigenvalue weighted by molar-refractivity contribution is 7.89. The minimum Gasteiger partial charge on any atom is -0.379 e. The molecule has 0 radical (unpaired) electrons. The molecule has 0 aromatic heterocycles. The van der Waals surface area contributed by atoms with Crippen molar-refractivity contribution in [2.24, 2.45) is 0 Å². The van der Waals surface area contributed by atoms with E-state index in [9.17, 15) is 8.42 Å². The number of hydrogen-bond acceptors (Lipinski definition) is 4. The zero-order valence-corrected chi connectivity index (χ0v) is 14.7. The average Bonchev–Trinajstić information content (AvgIpc) is 2.54. The predicted octanol–water partition coefficient (Wildman–Crippen LogP) is 1.89. The molecule has 1 N–H and O–H groups in total. The van der Waals surface area contributed by atoms with E-state index in [0.29, 0.717) is 18.1 Å². The number of nitrogens with one attached hydrogen (secondary N) is 1. The summed E-state index contributed by atoms with van der Waals surface area (Å²) in [6.07, 6.45) is 0.897. The van der Waals surface area contributed by atoms with Crippen LogP contribution in [0.25, 0.3) is 0 Å². The predicted molar refractivity (Wildman–Crippen MR) is 89.6 cm³/mol. The van der Waals surface area contributed by atoms with Crippen molar-refractivity contribution in [2.45, 2.75) is 32.1 Å². The normalized spacial score (nSPS) is 12.0. The van der Waals surface area contributed by atoms with Crippen molar-refractivity contribution in [1.82, 2.24) is 9.62 Å². The van der Waals surface area contributed by atoms with Crippen LogP contribution in [0.3, 0.4) is 0 Å². The van der Waals surface area contributed by atoms with Crippen LogP contribution >= 0.6 is 0 Å². The minimum absolute atomic E-state index is 0.288. The third kappa shape index (κ3) is 6.44. The lowest BCUT2D eigenvalue weighted by molar-refractivity contribution is 0.111. The molecule has 0 bridgehead atoms. The van der Waals surface area contributed by atoms with Gasteiger partial charge in [-0.15, -0.1) is 0 Å². The Morgan fingerprint density at radius 1 is 1.05 bits per heavy atom. The first-order valence-corrected chi connectivity index (χ1v) is 9.40. The smallest absolute Gasteiger partial charge is 0.240 e. The van der Waals surface area contributed by atoms with Gasteiger partial charge in [-0.1, -0.05) is 32.9 Å². The molecule has 5 nitrogen and oxygen atoms in total. The molecule has 1 aromatic carbocycles. The number of ether oxygens (including phenoxy) is 1. The summed E-state index contributed by atoms with van der Waals surface area (Å²) in [5, 5.41) is 0. The molecule has 0 atom stereocenters. The standard InChI is InChI=1S/C16H28N2O3S/c1-4-15-7-9-16(10-8-15)22(19,20)17-11-13-21-14-12-18(5-2)6-3/h7-10,17H,4-6,11-14H2,1-3H3. The summed E-state index contributed by atoms with van der Waals surface area (Å²) in [4.78, 5) is 2.56. The molecule has 1 aromatic rings. The van der Waals surface area contributed by atoms with Gasteiger partial charge in [0.15, 0.2) is 0 Å². The zero-order chi connectivity index (χ0) is 16.4. The summed E-state index contributed by atoms with van der Waals surface area (Å²) < 4.78 is 32.2. The second kappa shape index (κ2) is 9.94. The molecule has 0 aliphatic carbocycles. The zero-order valence-electron chi connectivity index (χ0n) is 13.8. The number of benzene rings is 1. The molecule has 0 spiro atoms. The second-order valence-electron chi connectivity index (χ2n) is 5.03. The van der Waals surface area contributed by atoms with E-state index >= 15 is 0 Å². The fourth-order valence-corrected chi connectivity index (χ4v) is 3.08. The van der Waals surface area contributed by atoms with Crippen LogP contribution in [0.2, 0.25) is 0 Å². The van der Waals surface area contributed by atoms with E-state index in [4.69, 9.17) is 4.74 Å². The molecule has 0 heterocycles. The molecule has 0 amide bonds. The third-order valence-electron chi connectivity index (χ3n) is 3.63. The lowest BCUT2D eigenvalue weighted by atomic mass is 10.2. The SMILES string of the molecule is CCc1ccc(S(=O)(=O)NCCOCCN(CC)CC)cc1. The molecule has 0 saturated heterocycles. The van der Waals surface area contributed by atoms with Crippen molar-refractivity contribution in [3.05, 3.63) is 29.8 Å². The van der Waals surface area contributed by atoms with Crippen molar-refractivity contribution in [3.8, 4) is 0 Å². The Kier molecular flexibility index (Phi) is 8.63. The van der Waals surface area contributed by atoms with Crippen molar-refractivity contribution < 1.29 is 13.2 Å². The van der Waals surface area contributed by atoms with Crippen LogP contribution in [-0.4, -0.2) is 52.7 Å². The van der Waals surface area contributed by atoms with E-state index in [1.807, 2.05) is 19.1 Å². The number of hydrogen-bond donors (Lipinski definition) is 1. The number of sulfonamides is 1. The first-order valence-electron chi connectivity index (χ1n) is 7.92. The van der Waals surface area contributed by atoms with Gasteiger partial charge in [-0.05, 0) is 37.2 Å². The Balaban J connectivity index is 2.30. The summed E-state index contributed by atoms with van der Waals surface area (Å²) in [5.74, 6) is 0. The van der Waals surface area contributed by atoms with Crippen LogP contribution in [0.1, 0.15) is 26.3 Å². The van der Waals surface area contributed by atoms with Crippen LogP contribution in [0.5, 0.6) is 0 Å². The Hall–Kier alpha value is -0.950. The summed E-state index contributed by atoms with van der Waals surface area (Å²) >= 11 is 0. The summed E-state index contributed by atoms with van der Waals surface area (Å²) in [5.41, 5.74) is 1.12. The minimum atomic E-state index is -3.44. The largest absolute Gasteiger partial charge is 0.379 e. The second-order valence-corrected chi connectivity index (χ2v) is 6.80. The number of nitrogens with zero attached hydrogens (tertiary/aromatic N) is 1. The molecular weight excluding hydrogens is 300 g/mol. The summed E-state index contributed by atoms with van der Waals surface area (Å²) in [6, 6.07) is 6.97. The van der Waals surface area contributed by atoms with E-state index in [0.717, 1.165) is 31.6 Å². The first-order chi connectivity index (χ1) is 10.5. The van der Waals surface area contributed by atoms with E-state index < -0.39 is 10.0 Å². The first kappa shape index (κ1) is 19.1. The Morgan fingerprint density at radius 2 is 1.68 bits per heavy atom. The van der Waals surface area contributed by atoms with Crippen LogP contribution in [0.4, 0.5) is 0 Å². The van der Waals surface area contributed by atoms with Gasteiger partial charge in [0, 0.05) is 13.1 Å². The average molecular weight is 328 g/mol. The van der Waals surface area contributed by atoms with Crippen molar-refractivity contribution in [3.63, 3.8) is 0 Å². The van der Waals surface area contributed by atoms with Crippen LogP contribution in [0, 0.1) is 0 Å². The van der Waals surface area contributed by atoms with Crippen molar-refractivity contribution >= 4 is 10.0 Å². The number of rotatable bonds is 11. The Labute approximate surface area is 134 Å². The monoisotopic (exact) mass is 328 g/mol. The number of aryl methyl sites for hydroxylation is 1. The van der Waals surface area contributed by atoms with Crippen LogP contribution in [-0.2, 0) is 21.2 Å². The van der Waals surface area contributed by atoms with Crippen molar-refractivity contribution in [2.75, 3.05) is 39.4 Å². The molecule has 0 unspecified atom stereocenters. The van der Waals surface area contributed by atoms with E-state index in [1.54, 1.807) is 12.1 Å². The van der Waals surface area contributed by atoms with Gasteiger partial charge in [0.2, 0.25) is 10.0 Å². The van der Waals surface area contributed by atoms with E-state index in [1.165, 1.54) is 0 Å². The van der Waals surface area contributed by atoms with E-state index in [2.05, 4.69) is 23.5 Å². The van der Waals surface area contributed by atoms with Gasteiger partial charge in [-0.3, -0.25) is 0 Å². The Morgan fingerprint density at radius 3 is 2.23 bits per heavy atom. The maximum Gasteiger partial charge on any atom is 0.240 e. The maximum atomic E-state index is 12.1. The van der Waals surface area contributed by atoms with Crippen LogP contribution < -0.4 is 4.72 Å². The van der Waals surface area contributed by atoms with Crippen molar-refractivity contribution in [1.29, 1.82) is 0 Å². The fourth-order valence-electron chi connectivity index (χ4n) is 2.07. The van der Waals surface area contributed by atoms with Crippen LogP contribution in [0.15, 0.2) is 29.2 Å². The molecule has 126 valence electrons. The van der Waals surface area contributed by atoms with Gasteiger partial charge in [0.05, 0.1) is 18.1 Å². The third-order valence-corrected chi connectivity index (χ3v) is 5.10. The highest BCUT2D eigenvalue weighted by Crippen LogP contribution is 2.10. The van der Waals surface area contributed by atoms with Gasteiger partial charge < -0.3 is 9.64 Å². The molecule has 0 saturated carbocycles. The van der Waals surface area contributed by atoms with Gasteiger partial charge >= 0.3 is 0 Å². The quantitative estimate of drug-likeness (QED) is 0.630. The van der Waals surface area contributed by atoms with Gasteiger partial charge in [0.25, 0.3) is 0 Å². The topological polar surface area (TPSA) is 58.6 Å². The fraction of sp³-hybridized carbons (Fsp3) is 0.625. The van der Waals surface area contributed by atoms with Gasteiger partial charge in [0.1, 0.15) is 0 Å². The van der Waals surface area contributed by atoms with Gasteiger partial charge in [-0.25, -0.2) is 13.1 Å². The molecule has 0 aliphatic rings. The lowest BCUT2D eigenvalue weighted by Crippen LogP contribution is -2.30. The summed E-state index contributed by atoms with van der Waals surface area (Å²) in [6.45, 7) is 10.4. The van der Waals surface area contributed by atoms with Gasteiger partial charge in [-0.2, -0.15) is 0 Å². The Bertz CT molecular complexity index is 511. The molecule has 0 fully saturated rings. The maximum absolute atomic E-state index is 12.1. The molecule has 22 heavy (non-hydrogen) atoms. The molecule has 6 heteroatoms. The summed E-state index contributed by atoms with van der Waals surface area (Å²) in [7, 11) is -3.44. The highest BCUT2D eigenvalue weighted by atomic mass is 32.2. The highest BCUT2D eigenvalue weighted by Gasteiger charge is 2.12. The molecule has 1 rings (SSSR count). The molecule has 0 aliphatic heterocycles. The van der Waals surface area contributed by atoms with E-state index in [-0.39, 0.29) is 6.54 Å². The number of likely N-dealkylation sites (N-methyl/N-ethyl adjacent to an activating group) is 1. The lowest BCUT2D eigenvalue weighted by Gasteiger charge is -2.17.